The van der Waals surface area contributed by atoms with Crippen molar-refractivity contribution in [1.82, 2.24) is 19.5 Å². The molecule has 0 radical (unpaired) electrons. The Bertz CT molecular complexity index is 790. The molecule has 0 atom stereocenters. The number of nitrogens with zero attached hydrogens (tertiary/aromatic N) is 5. The molecule has 0 saturated heterocycles. The summed E-state index contributed by atoms with van der Waals surface area (Å²) < 4.78 is 1.99. The van der Waals surface area contributed by atoms with E-state index in [4.69, 9.17) is 4.98 Å². The molecule has 1 aromatic carbocycles. The first-order chi connectivity index (χ1) is 10.6. The third kappa shape index (κ3) is 2.45. The highest BCUT2D eigenvalue weighted by molar-refractivity contribution is 5.80. The van der Waals surface area contributed by atoms with Crippen molar-refractivity contribution in [3.63, 3.8) is 0 Å². The van der Waals surface area contributed by atoms with Gasteiger partial charge >= 0.3 is 0 Å². The highest BCUT2D eigenvalue weighted by atomic mass is 15.2. The fourth-order valence-electron chi connectivity index (χ4n) is 2.44. The number of hydrogen-bond acceptors (Lipinski definition) is 4. The lowest BCUT2D eigenvalue weighted by atomic mass is 10.0. The van der Waals surface area contributed by atoms with Crippen molar-refractivity contribution in [3.05, 3.63) is 48.4 Å². The fourth-order valence-corrected chi connectivity index (χ4v) is 2.44. The van der Waals surface area contributed by atoms with Crippen LogP contribution in [0.15, 0.2) is 42.7 Å². The van der Waals surface area contributed by atoms with E-state index < -0.39 is 0 Å². The van der Waals surface area contributed by atoms with Crippen molar-refractivity contribution in [2.75, 3.05) is 19.0 Å². The summed E-state index contributed by atoms with van der Waals surface area (Å²) in [7, 11) is 5.88. The quantitative estimate of drug-likeness (QED) is 0.745. The second-order valence-electron chi connectivity index (χ2n) is 5.45. The van der Waals surface area contributed by atoms with Gasteiger partial charge in [0, 0.05) is 39.1 Å². The number of hydrogen-bond donors (Lipinski definition) is 0. The molecule has 0 unspecified atom stereocenters. The first-order valence-corrected chi connectivity index (χ1v) is 7.17. The Hall–Kier alpha value is -2.69. The van der Waals surface area contributed by atoms with Crippen LogP contribution in [0.25, 0.3) is 22.6 Å². The average molecular weight is 293 g/mol. The topological polar surface area (TPSA) is 46.8 Å². The minimum Gasteiger partial charge on any atom is -0.347 e. The van der Waals surface area contributed by atoms with Crippen LogP contribution in [0.3, 0.4) is 0 Å². The van der Waals surface area contributed by atoms with Gasteiger partial charge in [-0.15, -0.1) is 0 Å². The molecule has 3 aromatic rings. The van der Waals surface area contributed by atoms with Crippen LogP contribution in [0.5, 0.6) is 0 Å². The smallest absolute Gasteiger partial charge is 0.225 e. The number of rotatable bonds is 3. The highest BCUT2D eigenvalue weighted by Crippen LogP contribution is 2.32. The molecule has 0 aliphatic carbocycles. The van der Waals surface area contributed by atoms with Crippen molar-refractivity contribution in [3.8, 4) is 22.6 Å². The van der Waals surface area contributed by atoms with Gasteiger partial charge in [-0.1, -0.05) is 30.3 Å². The normalized spacial score (nSPS) is 10.7. The zero-order chi connectivity index (χ0) is 15.7. The molecule has 0 aliphatic heterocycles. The Morgan fingerprint density at radius 1 is 1.05 bits per heavy atom. The molecule has 5 heteroatoms. The van der Waals surface area contributed by atoms with Crippen LogP contribution in [0.1, 0.15) is 5.69 Å². The van der Waals surface area contributed by atoms with Crippen LogP contribution in [0.2, 0.25) is 0 Å². The van der Waals surface area contributed by atoms with Crippen molar-refractivity contribution in [2.24, 2.45) is 7.05 Å². The Labute approximate surface area is 130 Å². The molecule has 5 nitrogen and oxygen atoms in total. The molecule has 112 valence electrons. The summed E-state index contributed by atoms with van der Waals surface area (Å²) in [6, 6.07) is 10.2. The number of benzene rings is 1. The molecule has 0 spiro atoms. The zero-order valence-corrected chi connectivity index (χ0v) is 13.3. The summed E-state index contributed by atoms with van der Waals surface area (Å²) in [6.07, 6.45) is 3.73. The average Bonchev–Trinajstić information content (AvgIpc) is 2.93. The van der Waals surface area contributed by atoms with Crippen LogP contribution < -0.4 is 4.90 Å². The summed E-state index contributed by atoms with van der Waals surface area (Å²) in [5.74, 6) is 1.58. The van der Waals surface area contributed by atoms with Crippen LogP contribution in [0.4, 0.5) is 5.95 Å². The van der Waals surface area contributed by atoms with E-state index in [2.05, 4.69) is 22.1 Å². The van der Waals surface area contributed by atoms with Gasteiger partial charge in [0.1, 0.15) is 5.82 Å². The third-order valence-corrected chi connectivity index (χ3v) is 3.57. The van der Waals surface area contributed by atoms with Crippen LogP contribution in [-0.4, -0.2) is 33.6 Å². The standard InChI is InChI=1S/C17H19N5/c1-12-14(16-18-10-11-22(16)4)15(13-8-6-5-7-9-13)20-17(19-12)21(2)3/h5-11H,1-4H3. The molecular weight excluding hydrogens is 274 g/mol. The minimum atomic E-state index is 0.703. The van der Waals surface area contributed by atoms with Crippen molar-refractivity contribution in [1.29, 1.82) is 0 Å². The van der Waals surface area contributed by atoms with Gasteiger partial charge in [0.05, 0.1) is 17.0 Å². The largest absolute Gasteiger partial charge is 0.347 e. The van der Waals surface area contributed by atoms with Gasteiger partial charge in [-0.3, -0.25) is 0 Å². The lowest BCUT2D eigenvalue weighted by Gasteiger charge is -2.17. The molecule has 0 aliphatic rings. The van der Waals surface area contributed by atoms with Crippen molar-refractivity contribution >= 4 is 5.95 Å². The van der Waals surface area contributed by atoms with Crippen LogP contribution in [0, 0.1) is 6.92 Å². The summed E-state index contributed by atoms with van der Waals surface area (Å²) in [5.41, 5.74) is 3.87. The van der Waals surface area contributed by atoms with Gasteiger partial charge in [0.2, 0.25) is 5.95 Å². The Balaban J connectivity index is 2.31. The monoisotopic (exact) mass is 293 g/mol. The lowest BCUT2D eigenvalue weighted by Crippen LogP contribution is -2.15. The SMILES string of the molecule is Cc1nc(N(C)C)nc(-c2ccccc2)c1-c1nccn1C. The molecule has 2 heterocycles. The molecule has 0 fully saturated rings. The predicted octanol–water partition coefficient (Wildman–Crippen LogP) is 2.92. The predicted molar refractivity (Wildman–Crippen MR) is 88.7 cm³/mol. The van der Waals surface area contributed by atoms with E-state index in [1.54, 1.807) is 6.20 Å². The van der Waals surface area contributed by atoms with Gasteiger partial charge in [0.25, 0.3) is 0 Å². The number of imidazole rings is 1. The van der Waals surface area contributed by atoms with E-state index in [0.717, 1.165) is 28.3 Å². The van der Waals surface area contributed by atoms with Gasteiger partial charge in [-0.05, 0) is 6.92 Å². The third-order valence-electron chi connectivity index (χ3n) is 3.57. The van der Waals surface area contributed by atoms with Gasteiger partial charge in [0.15, 0.2) is 0 Å². The van der Waals surface area contributed by atoms with E-state index in [-0.39, 0.29) is 0 Å². The molecule has 0 saturated carbocycles. The van der Waals surface area contributed by atoms with Gasteiger partial charge in [-0.2, -0.15) is 0 Å². The van der Waals surface area contributed by atoms with Crippen molar-refractivity contribution < 1.29 is 0 Å². The minimum absolute atomic E-state index is 0.703. The maximum atomic E-state index is 4.76. The second kappa shape index (κ2) is 5.60. The Kier molecular flexibility index (Phi) is 3.63. The molecule has 22 heavy (non-hydrogen) atoms. The van der Waals surface area contributed by atoms with Gasteiger partial charge < -0.3 is 9.47 Å². The Morgan fingerprint density at radius 2 is 1.77 bits per heavy atom. The highest BCUT2D eigenvalue weighted by Gasteiger charge is 2.18. The van der Waals surface area contributed by atoms with E-state index in [9.17, 15) is 0 Å². The molecule has 3 rings (SSSR count). The summed E-state index contributed by atoms with van der Waals surface area (Å²) in [5, 5.41) is 0. The maximum absolute atomic E-state index is 4.76. The molecule has 0 bridgehead atoms. The maximum Gasteiger partial charge on any atom is 0.225 e. The summed E-state index contributed by atoms with van der Waals surface area (Å²) >= 11 is 0. The van der Waals surface area contributed by atoms with Crippen LogP contribution >= 0.6 is 0 Å². The first kappa shape index (κ1) is 14.3. The summed E-state index contributed by atoms with van der Waals surface area (Å²) in [6.45, 7) is 2.01. The Morgan fingerprint density at radius 3 is 2.36 bits per heavy atom. The first-order valence-electron chi connectivity index (χ1n) is 7.17. The molecule has 0 amide bonds. The number of aromatic nitrogens is 4. The van der Waals surface area contributed by atoms with Crippen LogP contribution in [-0.2, 0) is 7.05 Å². The fraction of sp³-hybridized carbons (Fsp3) is 0.235. The number of aryl methyl sites for hydroxylation is 2. The number of anilines is 1. The zero-order valence-electron chi connectivity index (χ0n) is 13.3. The van der Waals surface area contributed by atoms with E-state index in [1.807, 2.05) is 61.9 Å². The molecule has 0 N–H and O–H groups in total. The van der Waals surface area contributed by atoms with Gasteiger partial charge in [-0.25, -0.2) is 15.0 Å². The summed E-state index contributed by atoms with van der Waals surface area (Å²) in [4.78, 5) is 15.8. The lowest BCUT2D eigenvalue weighted by molar-refractivity contribution is 0.913. The van der Waals surface area contributed by atoms with Crippen molar-refractivity contribution in [2.45, 2.75) is 6.92 Å². The van der Waals surface area contributed by atoms with E-state index >= 15 is 0 Å². The molecular formula is C17H19N5. The second-order valence-corrected chi connectivity index (χ2v) is 5.45. The van der Waals surface area contributed by atoms with E-state index in [0.29, 0.717) is 5.95 Å². The molecule has 2 aromatic heterocycles. The van der Waals surface area contributed by atoms with E-state index in [1.165, 1.54) is 0 Å².